The van der Waals surface area contributed by atoms with E-state index < -0.39 is 10.0 Å². The maximum absolute atomic E-state index is 12.7. The predicted octanol–water partition coefficient (Wildman–Crippen LogP) is 2.82. The minimum absolute atomic E-state index is 0.178. The van der Waals surface area contributed by atoms with Crippen molar-refractivity contribution in [2.75, 3.05) is 32.8 Å². The third kappa shape index (κ3) is 5.04. The first-order valence-electron chi connectivity index (χ1n) is 9.72. The molecule has 7 heteroatoms. The van der Waals surface area contributed by atoms with E-state index in [1.54, 1.807) is 18.2 Å². The van der Waals surface area contributed by atoms with Gasteiger partial charge in [-0.1, -0.05) is 32.0 Å². The molecule has 1 heterocycles. The second-order valence-electron chi connectivity index (χ2n) is 6.68. The summed E-state index contributed by atoms with van der Waals surface area (Å²) in [7, 11) is -3.61. The Bertz CT molecular complexity index is 895. The van der Waals surface area contributed by atoms with Gasteiger partial charge in [0.2, 0.25) is 10.0 Å². The molecule has 3 rings (SSSR count). The van der Waals surface area contributed by atoms with Crippen molar-refractivity contribution < 1.29 is 17.9 Å². The van der Waals surface area contributed by atoms with Crippen molar-refractivity contribution in [3.05, 3.63) is 53.6 Å². The molecule has 0 bridgehead atoms. The molecule has 0 atom stereocenters. The SMILES string of the molecule is CCN(CC)CCOc1ccccc1CNS(=O)(=O)c1ccc2c(c1)CCO2. The average molecular weight is 405 g/mol. The van der Waals surface area contributed by atoms with Gasteiger partial charge in [0.15, 0.2) is 0 Å². The maximum atomic E-state index is 12.7. The molecule has 1 aliphatic rings. The summed E-state index contributed by atoms with van der Waals surface area (Å²) in [5.74, 6) is 1.48. The zero-order valence-corrected chi connectivity index (χ0v) is 17.3. The third-order valence-electron chi connectivity index (χ3n) is 4.96. The normalized spacial score (nSPS) is 13.4. The van der Waals surface area contributed by atoms with E-state index >= 15 is 0 Å². The lowest BCUT2D eigenvalue weighted by Gasteiger charge is -2.19. The monoisotopic (exact) mass is 404 g/mol. The van der Waals surface area contributed by atoms with Gasteiger partial charge in [0.1, 0.15) is 18.1 Å². The highest BCUT2D eigenvalue weighted by molar-refractivity contribution is 7.89. The lowest BCUT2D eigenvalue weighted by atomic mass is 10.2. The molecule has 2 aromatic rings. The predicted molar refractivity (Wildman–Crippen MR) is 109 cm³/mol. The van der Waals surface area contributed by atoms with E-state index in [1.165, 1.54) is 0 Å². The van der Waals surface area contributed by atoms with Crippen molar-refractivity contribution in [1.82, 2.24) is 9.62 Å². The van der Waals surface area contributed by atoms with Crippen LogP contribution < -0.4 is 14.2 Å². The average Bonchev–Trinajstić information content (AvgIpc) is 3.18. The molecule has 0 saturated heterocycles. The van der Waals surface area contributed by atoms with Crippen molar-refractivity contribution in [2.24, 2.45) is 0 Å². The Morgan fingerprint density at radius 1 is 1.14 bits per heavy atom. The van der Waals surface area contributed by atoms with Gasteiger partial charge >= 0.3 is 0 Å². The molecule has 2 aromatic carbocycles. The minimum Gasteiger partial charge on any atom is -0.493 e. The first kappa shape index (κ1) is 20.6. The first-order valence-corrected chi connectivity index (χ1v) is 11.2. The molecule has 0 aliphatic carbocycles. The minimum atomic E-state index is -3.61. The van der Waals surface area contributed by atoms with Crippen LogP contribution in [0, 0.1) is 0 Å². The zero-order valence-electron chi connectivity index (χ0n) is 16.5. The van der Waals surface area contributed by atoms with Gasteiger partial charge in [-0.2, -0.15) is 0 Å². The number of nitrogens with one attached hydrogen (secondary N) is 1. The highest BCUT2D eigenvalue weighted by Crippen LogP contribution is 2.27. The standard InChI is InChI=1S/C21H28N2O4S/c1-3-23(4-2)12-14-27-20-8-6-5-7-18(20)16-22-28(24,25)19-9-10-21-17(15-19)11-13-26-21/h5-10,15,22H,3-4,11-14,16H2,1-2H3. The molecular weight excluding hydrogens is 376 g/mol. The molecule has 0 unspecified atom stereocenters. The van der Waals surface area contributed by atoms with Gasteiger partial charge in [0.25, 0.3) is 0 Å². The van der Waals surface area contributed by atoms with Gasteiger partial charge in [0.05, 0.1) is 11.5 Å². The van der Waals surface area contributed by atoms with E-state index in [0.717, 1.165) is 42.9 Å². The molecule has 1 aliphatic heterocycles. The summed E-state index contributed by atoms with van der Waals surface area (Å²) in [6.45, 7) is 8.39. The molecular formula is C21H28N2O4S. The van der Waals surface area contributed by atoms with Gasteiger partial charge < -0.3 is 14.4 Å². The Balaban J connectivity index is 1.64. The number of hydrogen-bond acceptors (Lipinski definition) is 5. The molecule has 0 radical (unpaired) electrons. The fourth-order valence-electron chi connectivity index (χ4n) is 3.20. The highest BCUT2D eigenvalue weighted by atomic mass is 32.2. The Labute approximate surface area is 167 Å². The second kappa shape index (κ2) is 9.41. The van der Waals surface area contributed by atoms with Gasteiger partial charge in [-0.15, -0.1) is 0 Å². The van der Waals surface area contributed by atoms with E-state index in [-0.39, 0.29) is 11.4 Å². The molecule has 28 heavy (non-hydrogen) atoms. The Hall–Kier alpha value is -2.09. The molecule has 0 aromatic heterocycles. The van der Waals surface area contributed by atoms with Crippen LogP contribution in [0.1, 0.15) is 25.0 Å². The largest absolute Gasteiger partial charge is 0.493 e. The van der Waals surface area contributed by atoms with Crippen LogP contribution in [0.5, 0.6) is 11.5 Å². The molecule has 0 spiro atoms. The number of hydrogen-bond donors (Lipinski definition) is 1. The van der Waals surface area contributed by atoms with Crippen LogP contribution >= 0.6 is 0 Å². The lowest BCUT2D eigenvalue weighted by Crippen LogP contribution is -2.28. The van der Waals surface area contributed by atoms with Gasteiger partial charge in [0, 0.05) is 25.1 Å². The topological polar surface area (TPSA) is 67.9 Å². The van der Waals surface area contributed by atoms with Crippen LogP contribution in [0.2, 0.25) is 0 Å². The number of ether oxygens (including phenoxy) is 2. The molecule has 6 nitrogen and oxygen atoms in total. The van der Waals surface area contributed by atoms with Gasteiger partial charge in [-0.05, 0) is 42.9 Å². The van der Waals surface area contributed by atoms with E-state index in [1.807, 2.05) is 24.3 Å². The number of sulfonamides is 1. The van der Waals surface area contributed by atoms with Gasteiger partial charge in [-0.3, -0.25) is 0 Å². The summed E-state index contributed by atoms with van der Waals surface area (Å²) in [6, 6.07) is 12.5. The third-order valence-corrected chi connectivity index (χ3v) is 6.35. The van der Waals surface area contributed by atoms with Crippen LogP contribution in [0.15, 0.2) is 47.4 Å². The molecule has 0 saturated carbocycles. The van der Waals surface area contributed by atoms with Crippen LogP contribution in [0.25, 0.3) is 0 Å². The van der Waals surface area contributed by atoms with Crippen molar-refractivity contribution in [1.29, 1.82) is 0 Å². The smallest absolute Gasteiger partial charge is 0.240 e. The van der Waals surface area contributed by atoms with Gasteiger partial charge in [-0.25, -0.2) is 13.1 Å². The first-order chi connectivity index (χ1) is 13.5. The zero-order chi connectivity index (χ0) is 20.0. The maximum Gasteiger partial charge on any atom is 0.240 e. The van der Waals surface area contributed by atoms with Crippen molar-refractivity contribution >= 4 is 10.0 Å². The summed E-state index contributed by atoms with van der Waals surface area (Å²) in [5.41, 5.74) is 1.75. The number of para-hydroxylation sites is 1. The molecule has 1 N–H and O–H groups in total. The molecule has 0 fully saturated rings. The summed E-state index contributed by atoms with van der Waals surface area (Å²) >= 11 is 0. The van der Waals surface area contributed by atoms with Crippen molar-refractivity contribution in [3.8, 4) is 11.5 Å². The number of rotatable bonds is 10. The van der Waals surface area contributed by atoms with E-state index in [2.05, 4.69) is 23.5 Å². The Morgan fingerprint density at radius 2 is 1.93 bits per heavy atom. The summed E-state index contributed by atoms with van der Waals surface area (Å²) in [5, 5.41) is 0. The number of likely N-dealkylation sites (N-methyl/N-ethyl adjacent to an activating group) is 1. The van der Waals surface area contributed by atoms with E-state index in [9.17, 15) is 8.42 Å². The van der Waals surface area contributed by atoms with Crippen LogP contribution in [-0.4, -0.2) is 46.2 Å². The van der Waals surface area contributed by atoms with Crippen LogP contribution in [-0.2, 0) is 23.0 Å². The van der Waals surface area contributed by atoms with Crippen LogP contribution in [0.3, 0.4) is 0 Å². The van der Waals surface area contributed by atoms with E-state index in [0.29, 0.717) is 19.0 Å². The van der Waals surface area contributed by atoms with E-state index in [4.69, 9.17) is 9.47 Å². The number of fused-ring (bicyclic) bond motifs is 1. The molecule has 152 valence electrons. The fourth-order valence-corrected chi connectivity index (χ4v) is 4.26. The molecule has 0 amide bonds. The Morgan fingerprint density at radius 3 is 2.71 bits per heavy atom. The summed E-state index contributed by atoms with van der Waals surface area (Å²) < 4.78 is 39.4. The quantitative estimate of drug-likeness (QED) is 0.660. The lowest BCUT2D eigenvalue weighted by molar-refractivity contribution is 0.221. The highest BCUT2D eigenvalue weighted by Gasteiger charge is 2.19. The van der Waals surface area contributed by atoms with Crippen LogP contribution in [0.4, 0.5) is 0 Å². The fraction of sp³-hybridized carbons (Fsp3) is 0.429. The van der Waals surface area contributed by atoms with Crippen molar-refractivity contribution in [3.63, 3.8) is 0 Å². The summed E-state index contributed by atoms with van der Waals surface area (Å²) in [6.07, 6.45) is 0.738. The second-order valence-corrected chi connectivity index (χ2v) is 8.44. The summed E-state index contributed by atoms with van der Waals surface area (Å²) in [4.78, 5) is 2.54. The van der Waals surface area contributed by atoms with Crippen molar-refractivity contribution in [2.45, 2.75) is 31.7 Å². The number of benzene rings is 2. The number of nitrogens with zero attached hydrogens (tertiary/aromatic N) is 1. The Kier molecular flexibility index (Phi) is 6.93.